The summed E-state index contributed by atoms with van der Waals surface area (Å²) < 4.78 is 71.3. The molecule has 10 heteroatoms. The van der Waals surface area contributed by atoms with Gasteiger partial charge < -0.3 is 9.47 Å². The Bertz CT molecular complexity index is 536. The van der Waals surface area contributed by atoms with Crippen LogP contribution in [0.2, 0.25) is 0 Å². The largest absolute Gasteiger partial charge is 0.574 e. The molecule has 0 fully saturated rings. The first kappa shape index (κ1) is 18.6. The lowest BCUT2D eigenvalue weighted by molar-refractivity contribution is -0.276. The maximum Gasteiger partial charge on any atom is 0.574 e. The van der Waals surface area contributed by atoms with E-state index < -0.39 is 42.2 Å². The number of ether oxygens (including phenoxy) is 2. The number of esters is 1. The van der Waals surface area contributed by atoms with Crippen LogP contribution in [0.3, 0.4) is 0 Å². The van der Waals surface area contributed by atoms with Crippen molar-refractivity contribution < 1.29 is 36.2 Å². The quantitative estimate of drug-likeness (QED) is 0.419. The van der Waals surface area contributed by atoms with Crippen LogP contribution >= 0.6 is 15.9 Å². The van der Waals surface area contributed by atoms with E-state index in [-0.39, 0.29) is 17.6 Å². The minimum atomic E-state index is -5.09. The molecule has 0 bridgehead atoms. The maximum absolute atomic E-state index is 13.0. The van der Waals surface area contributed by atoms with E-state index in [1.54, 1.807) is 0 Å². The third kappa shape index (κ3) is 5.39. The predicted octanol–water partition coefficient (Wildman–Crippen LogP) is 3.92. The SMILES string of the molecule is CCOC(=O)Cc1cc(C(F)F)c(CBr)c(OC(F)(F)F)n1. The molecule has 0 aromatic carbocycles. The number of hydrogen-bond acceptors (Lipinski definition) is 4. The Morgan fingerprint density at radius 1 is 1.41 bits per heavy atom. The molecular weight excluding hydrogens is 381 g/mol. The van der Waals surface area contributed by atoms with Crippen molar-refractivity contribution in [1.29, 1.82) is 0 Å². The molecule has 0 aliphatic rings. The highest BCUT2D eigenvalue weighted by atomic mass is 79.9. The number of hydrogen-bond donors (Lipinski definition) is 0. The molecule has 0 saturated heterocycles. The lowest BCUT2D eigenvalue weighted by atomic mass is 10.1. The number of rotatable bonds is 6. The molecule has 0 aliphatic heterocycles. The molecule has 0 N–H and O–H groups in total. The van der Waals surface area contributed by atoms with E-state index >= 15 is 0 Å². The standard InChI is InChI=1S/C12H11BrF5NO3/c1-2-21-9(20)4-6-3-7(10(14)15)8(5-13)11(19-6)22-12(16,17)18/h3,10H,2,4-5H2,1H3. The molecule has 22 heavy (non-hydrogen) atoms. The highest BCUT2D eigenvalue weighted by Crippen LogP contribution is 2.34. The number of nitrogens with zero attached hydrogens (tertiary/aromatic N) is 1. The van der Waals surface area contributed by atoms with Crippen LogP contribution in [0.15, 0.2) is 6.07 Å². The predicted molar refractivity (Wildman–Crippen MR) is 68.8 cm³/mol. The second-order valence-corrected chi connectivity index (χ2v) is 4.51. The molecule has 0 amide bonds. The molecule has 0 radical (unpaired) electrons. The van der Waals surface area contributed by atoms with E-state index in [0.29, 0.717) is 0 Å². The van der Waals surface area contributed by atoms with E-state index in [2.05, 4.69) is 30.4 Å². The average molecular weight is 392 g/mol. The van der Waals surface area contributed by atoms with Crippen LogP contribution in [0.1, 0.15) is 30.2 Å². The summed E-state index contributed by atoms with van der Waals surface area (Å²) in [6.07, 6.45) is -8.68. The van der Waals surface area contributed by atoms with Crippen LogP contribution < -0.4 is 4.74 Å². The Balaban J connectivity index is 3.27. The Kier molecular flexibility index (Phi) is 6.51. The van der Waals surface area contributed by atoms with Gasteiger partial charge in [-0.15, -0.1) is 13.2 Å². The van der Waals surface area contributed by atoms with Crippen LogP contribution in [-0.2, 0) is 21.3 Å². The fourth-order valence-electron chi connectivity index (χ4n) is 1.59. The third-order valence-electron chi connectivity index (χ3n) is 2.39. The van der Waals surface area contributed by atoms with Crippen LogP contribution in [0.25, 0.3) is 0 Å². The van der Waals surface area contributed by atoms with Crippen molar-refractivity contribution in [1.82, 2.24) is 4.98 Å². The highest BCUT2D eigenvalue weighted by molar-refractivity contribution is 9.08. The van der Waals surface area contributed by atoms with Gasteiger partial charge in [-0.1, -0.05) is 15.9 Å². The average Bonchev–Trinajstić information content (AvgIpc) is 2.36. The smallest absolute Gasteiger partial charge is 0.466 e. The lowest BCUT2D eigenvalue weighted by Crippen LogP contribution is -2.20. The minimum Gasteiger partial charge on any atom is -0.466 e. The van der Waals surface area contributed by atoms with Gasteiger partial charge in [-0.25, -0.2) is 13.8 Å². The fraction of sp³-hybridized carbons (Fsp3) is 0.500. The summed E-state index contributed by atoms with van der Waals surface area (Å²) in [6.45, 7) is 1.58. The molecule has 1 rings (SSSR count). The van der Waals surface area contributed by atoms with E-state index in [9.17, 15) is 26.7 Å². The van der Waals surface area contributed by atoms with E-state index in [0.717, 1.165) is 6.07 Å². The normalized spacial score (nSPS) is 11.6. The molecule has 4 nitrogen and oxygen atoms in total. The molecule has 0 atom stereocenters. The van der Waals surface area contributed by atoms with Crippen molar-refractivity contribution in [2.24, 2.45) is 0 Å². The Hall–Kier alpha value is -1.45. The van der Waals surface area contributed by atoms with E-state index in [1.165, 1.54) is 6.92 Å². The van der Waals surface area contributed by atoms with Gasteiger partial charge in [-0.3, -0.25) is 4.79 Å². The second-order valence-electron chi connectivity index (χ2n) is 3.95. The first-order valence-corrected chi connectivity index (χ1v) is 7.08. The number of carbonyl (C=O) groups excluding carboxylic acids is 1. The number of alkyl halides is 6. The van der Waals surface area contributed by atoms with Gasteiger partial charge in [0.15, 0.2) is 0 Å². The van der Waals surface area contributed by atoms with Gasteiger partial charge in [0.25, 0.3) is 6.43 Å². The van der Waals surface area contributed by atoms with E-state index in [1.807, 2.05) is 0 Å². The van der Waals surface area contributed by atoms with Crippen molar-refractivity contribution >= 4 is 21.9 Å². The summed E-state index contributed by atoms with van der Waals surface area (Å²) in [6, 6.07) is 0.863. The molecular formula is C12H11BrF5NO3. The monoisotopic (exact) mass is 391 g/mol. The fourth-order valence-corrected chi connectivity index (χ4v) is 2.16. The summed E-state index contributed by atoms with van der Waals surface area (Å²) in [5.41, 5.74) is -1.41. The second kappa shape index (κ2) is 7.70. The van der Waals surface area contributed by atoms with Gasteiger partial charge in [-0.05, 0) is 13.0 Å². The molecule has 1 aromatic heterocycles. The highest BCUT2D eigenvalue weighted by Gasteiger charge is 2.34. The van der Waals surface area contributed by atoms with Crippen molar-refractivity contribution in [3.63, 3.8) is 0 Å². The molecule has 124 valence electrons. The van der Waals surface area contributed by atoms with Gasteiger partial charge in [0.05, 0.1) is 18.7 Å². The summed E-state index contributed by atoms with van der Waals surface area (Å²) in [5.74, 6) is -1.80. The van der Waals surface area contributed by atoms with Crippen LogP contribution in [0.4, 0.5) is 22.0 Å². The van der Waals surface area contributed by atoms with Crippen LogP contribution in [0, 0.1) is 0 Å². The molecule has 0 aliphatic carbocycles. The first-order valence-electron chi connectivity index (χ1n) is 5.96. The number of carbonyl (C=O) groups is 1. The van der Waals surface area contributed by atoms with Gasteiger partial charge in [0.1, 0.15) is 0 Å². The topological polar surface area (TPSA) is 48.4 Å². The maximum atomic E-state index is 13.0. The third-order valence-corrected chi connectivity index (χ3v) is 2.95. The number of pyridine rings is 1. The van der Waals surface area contributed by atoms with Gasteiger partial charge in [-0.2, -0.15) is 0 Å². The van der Waals surface area contributed by atoms with Crippen molar-refractivity contribution in [3.05, 3.63) is 22.9 Å². The summed E-state index contributed by atoms with van der Waals surface area (Å²) in [5, 5.41) is -0.315. The Labute approximate surface area is 130 Å². The Morgan fingerprint density at radius 3 is 2.50 bits per heavy atom. The molecule has 0 unspecified atom stereocenters. The summed E-state index contributed by atoms with van der Waals surface area (Å²) in [4.78, 5) is 14.8. The summed E-state index contributed by atoms with van der Waals surface area (Å²) in [7, 11) is 0. The van der Waals surface area contributed by atoms with Crippen molar-refractivity contribution in [3.8, 4) is 5.88 Å². The van der Waals surface area contributed by atoms with Crippen molar-refractivity contribution in [2.45, 2.75) is 31.5 Å². The van der Waals surface area contributed by atoms with Gasteiger partial charge in [0.2, 0.25) is 5.88 Å². The van der Waals surface area contributed by atoms with Gasteiger partial charge in [0, 0.05) is 16.5 Å². The van der Waals surface area contributed by atoms with Gasteiger partial charge >= 0.3 is 12.3 Å². The molecule has 0 spiro atoms. The first-order chi connectivity index (χ1) is 10.2. The zero-order valence-electron chi connectivity index (χ0n) is 11.2. The molecule has 1 heterocycles. The van der Waals surface area contributed by atoms with Crippen molar-refractivity contribution in [2.75, 3.05) is 6.61 Å². The lowest BCUT2D eigenvalue weighted by Gasteiger charge is -2.16. The minimum absolute atomic E-state index is 0.0475. The molecule has 1 aromatic rings. The van der Waals surface area contributed by atoms with Crippen LogP contribution in [-0.4, -0.2) is 23.9 Å². The number of halogens is 6. The summed E-state index contributed by atoms with van der Waals surface area (Å²) >= 11 is 2.82. The zero-order valence-corrected chi connectivity index (χ0v) is 12.8. The number of aromatic nitrogens is 1. The zero-order chi connectivity index (χ0) is 16.9. The van der Waals surface area contributed by atoms with Crippen LogP contribution in [0.5, 0.6) is 5.88 Å². The Morgan fingerprint density at radius 2 is 2.05 bits per heavy atom. The molecule has 0 saturated carbocycles. The van der Waals surface area contributed by atoms with E-state index in [4.69, 9.17) is 0 Å².